The predicted octanol–water partition coefficient (Wildman–Crippen LogP) is 2.64. The Morgan fingerprint density at radius 2 is 1.86 bits per heavy atom. The summed E-state index contributed by atoms with van der Waals surface area (Å²) in [6, 6.07) is 0. The number of ether oxygens (including phenoxy) is 2. The zero-order chi connectivity index (χ0) is 20.0. The third-order valence-electron chi connectivity index (χ3n) is 6.10. The topological polar surface area (TPSA) is 73.7 Å². The molecule has 1 aliphatic carbocycles. The number of rotatable bonds is 8. The molecule has 2 aliphatic rings. The van der Waals surface area contributed by atoms with Gasteiger partial charge in [-0.25, -0.2) is 13.4 Å². The van der Waals surface area contributed by atoms with Crippen LogP contribution < -0.4 is 0 Å². The molecule has 0 N–H and O–H groups in total. The van der Waals surface area contributed by atoms with Gasteiger partial charge in [0, 0.05) is 33.9 Å². The molecule has 0 radical (unpaired) electrons. The molecule has 1 saturated heterocycles. The van der Waals surface area contributed by atoms with E-state index in [0.29, 0.717) is 19.7 Å². The number of imidazole rings is 1. The van der Waals surface area contributed by atoms with E-state index in [-0.39, 0.29) is 16.5 Å². The monoisotopic (exact) mass is 413 g/mol. The third kappa shape index (κ3) is 5.14. The predicted molar refractivity (Wildman–Crippen MR) is 108 cm³/mol. The first-order valence-electron chi connectivity index (χ1n) is 10.6. The number of methoxy groups -OCH3 is 2. The smallest absolute Gasteiger partial charge is 0.228 e. The zero-order valence-corrected chi connectivity index (χ0v) is 18.1. The molecule has 0 spiro atoms. The minimum Gasteiger partial charge on any atom is -0.383 e. The molecule has 1 atom stereocenters. The van der Waals surface area contributed by atoms with Crippen LogP contribution in [-0.2, 0) is 32.4 Å². The van der Waals surface area contributed by atoms with Crippen molar-refractivity contribution in [1.29, 1.82) is 0 Å². The lowest BCUT2D eigenvalue weighted by Gasteiger charge is -2.32. The van der Waals surface area contributed by atoms with Crippen molar-refractivity contribution in [2.24, 2.45) is 0 Å². The Hall–Kier alpha value is -0.960. The van der Waals surface area contributed by atoms with Gasteiger partial charge in [0.1, 0.15) is 0 Å². The highest BCUT2D eigenvalue weighted by atomic mass is 32.2. The molecule has 3 rings (SSSR count). The maximum Gasteiger partial charge on any atom is 0.228 e. The van der Waals surface area contributed by atoms with E-state index in [0.717, 1.165) is 70.2 Å². The summed E-state index contributed by atoms with van der Waals surface area (Å²) in [7, 11) is -0.0276. The van der Waals surface area contributed by atoms with Gasteiger partial charge in [0.05, 0.1) is 29.9 Å². The standard InChI is InChI=1S/C20H35N3O4S/c1-26-13-12-23-17(15-22-11-7-8-18(16-22)27-2)14-21-20(23)28(24,25)19-9-5-3-4-6-10-19/h14,18-19H,3-13,15-16H2,1-2H3. The SMILES string of the molecule is COCCn1c(CN2CCCC(OC)C2)cnc1S(=O)(=O)C1CCCCCC1. The average molecular weight is 414 g/mol. The van der Waals surface area contributed by atoms with Crippen molar-refractivity contribution in [3.8, 4) is 0 Å². The Morgan fingerprint density at radius 3 is 2.54 bits per heavy atom. The van der Waals surface area contributed by atoms with Gasteiger partial charge in [-0.3, -0.25) is 4.90 Å². The Balaban J connectivity index is 1.83. The number of likely N-dealkylation sites (tertiary alicyclic amines) is 1. The van der Waals surface area contributed by atoms with Gasteiger partial charge in [-0.15, -0.1) is 0 Å². The van der Waals surface area contributed by atoms with Gasteiger partial charge >= 0.3 is 0 Å². The van der Waals surface area contributed by atoms with Gasteiger partial charge in [-0.1, -0.05) is 25.7 Å². The molecule has 1 unspecified atom stereocenters. The number of aromatic nitrogens is 2. The molecular formula is C20H35N3O4S. The summed E-state index contributed by atoms with van der Waals surface area (Å²) in [6.45, 7) is 3.54. The normalized spacial score (nSPS) is 23.0. The second kappa shape index (κ2) is 10.2. The lowest BCUT2D eigenvalue weighted by Crippen LogP contribution is -2.39. The Morgan fingerprint density at radius 1 is 1.11 bits per heavy atom. The van der Waals surface area contributed by atoms with E-state index in [1.165, 1.54) is 0 Å². The van der Waals surface area contributed by atoms with E-state index in [1.54, 1.807) is 20.4 Å². The highest BCUT2D eigenvalue weighted by molar-refractivity contribution is 7.91. The van der Waals surface area contributed by atoms with Gasteiger partial charge in [-0.05, 0) is 32.2 Å². The zero-order valence-electron chi connectivity index (χ0n) is 17.3. The molecule has 28 heavy (non-hydrogen) atoms. The first kappa shape index (κ1) is 21.7. The molecule has 160 valence electrons. The molecule has 8 heteroatoms. The van der Waals surface area contributed by atoms with Crippen LogP contribution in [0.3, 0.4) is 0 Å². The summed E-state index contributed by atoms with van der Waals surface area (Å²) in [5.74, 6) is 0. The highest BCUT2D eigenvalue weighted by Gasteiger charge is 2.33. The van der Waals surface area contributed by atoms with Crippen molar-refractivity contribution in [1.82, 2.24) is 14.5 Å². The summed E-state index contributed by atoms with van der Waals surface area (Å²) in [5, 5.41) is -0.0776. The summed E-state index contributed by atoms with van der Waals surface area (Å²) in [4.78, 5) is 6.75. The minimum absolute atomic E-state index is 0.228. The van der Waals surface area contributed by atoms with Gasteiger partial charge < -0.3 is 14.0 Å². The van der Waals surface area contributed by atoms with Crippen molar-refractivity contribution < 1.29 is 17.9 Å². The first-order chi connectivity index (χ1) is 13.6. The van der Waals surface area contributed by atoms with Crippen LogP contribution in [0.4, 0.5) is 0 Å². The highest BCUT2D eigenvalue weighted by Crippen LogP contribution is 2.28. The van der Waals surface area contributed by atoms with Crippen molar-refractivity contribution in [2.45, 2.75) is 81.0 Å². The summed E-state index contributed by atoms with van der Waals surface area (Å²) in [5.41, 5.74) is 0.945. The number of hydrogen-bond donors (Lipinski definition) is 0. The lowest BCUT2D eigenvalue weighted by molar-refractivity contribution is 0.0275. The molecule has 1 aromatic heterocycles. The third-order valence-corrected chi connectivity index (χ3v) is 8.28. The van der Waals surface area contributed by atoms with Crippen LogP contribution in [0.25, 0.3) is 0 Å². The first-order valence-corrected chi connectivity index (χ1v) is 12.1. The van der Waals surface area contributed by atoms with E-state index in [9.17, 15) is 8.42 Å². The van der Waals surface area contributed by atoms with Crippen LogP contribution in [0.5, 0.6) is 0 Å². The number of nitrogens with zero attached hydrogens (tertiary/aromatic N) is 3. The number of hydrogen-bond acceptors (Lipinski definition) is 6. The van der Waals surface area contributed by atoms with E-state index in [2.05, 4.69) is 9.88 Å². The molecule has 0 bridgehead atoms. The van der Waals surface area contributed by atoms with Crippen LogP contribution in [0.2, 0.25) is 0 Å². The molecule has 2 fully saturated rings. The fourth-order valence-corrected chi connectivity index (χ4v) is 6.41. The molecule has 0 aromatic carbocycles. The van der Waals surface area contributed by atoms with Crippen LogP contribution in [0.15, 0.2) is 11.4 Å². The molecule has 1 aromatic rings. The van der Waals surface area contributed by atoms with Gasteiger partial charge in [0.2, 0.25) is 15.0 Å². The number of sulfone groups is 1. The maximum atomic E-state index is 13.4. The number of piperidine rings is 1. The molecule has 0 amide bonds. The molecule has 1 aliphatic heterocycles. The van der Waals surface area contributed by atoms with E-state index in [1.807, 2.05) is 4.57 Å². The fraction of sp³-hybridized carbons (Fsp3) is 0.850. The molecular weight excluding hydrogens is 378 g/mol. The second-order valence-electron chi connectivity index (χ2n) is 8.07. The Bertz CT molecular complexity index is 711. The van der Waals surface area contributed by atoms with Crippen LogP contribution in [-0.4, -0.2) is 68.1 Å². The van der Waals surface area contributed by atoms with E-state index in [4.69, 9.17) is 9.47 Å². The van der Waals surface area contributed by atoms with E-state index < -0.39 is 9.84 Å². The van der Waals surface area contributed by atoms with Crippen molar-refractivity contribution >= 4 is 9.84 Å². The summed E-state index contributed by atoms with van der Waals surface area (Å²) < 4.78 is 39.4. The molecule has 2 heterocycles. The fourth-order valence-electron chi connectivity index (χ4n) is 4.45. The molecule has 1 saturated carbocycles. The van der Waals surface area contributed by atoms with Crippen LogP contribution in [0, 0.1) is 0 Å². The average Bonchev–Trinajstić information content (AvgIpc) is 2.91. The van der Waals surface area contributed by atoms with Gasteiger partial charge in [-0.2, -0.15) is 0 Å². The van der Waals surface area contributed by atoms with Crippen LogP contribution in [0.1, 0.15) is 57.1 Å². The van der Waals surface area contributed by atoms with Crippen molar-refractivity contribution in [3.05, 3.63) is 11.9 Å². The van der Waals surface area contributed by atoms with Crippen LogP contribution >= 0.6 is 0 Å². The largest absolute Gasteiger partial charge is 0.383 e. The summed E-state index contributed by atoms with van der Waals surface area (Å²) in [6.07, 6.45) is 9.90. The quantitative estimate of drug-likeness (QED) is 0.610. The second-order valence-corrected chi connectivity index (χ2v) is 10.2. The minimum atomic E-state index is -3.43. The van der Waals surface area contributed by atoms with Gasteiger partial charge in [0.15, 0.2) is 0 Å². The van der Waals surface area contributed by atoms with Crippen molar-refractivity contribution in [3.63, 3.8) is 0 Å². The van der Waals surface area contributed by atoms with E-state index >= 15 is 0 Å². The van der Waals surface area contributed by atoms with Crippen molar-refractivity contribution in [2.75, 3.05) is 33.9 Å². The Labute approximate surface area is 169 Å². The Kier molecular flexibility index (Phi) is 7.91. The maximum absolute atomic E-state index is 13.4. The lowest BCUT2D eigenvalue weighted by atomic mass is 10.1. The summed E-state index contributed by atoms with van der Waals surface area (Å²) >= 11 is 0. The van der Waals surface area contributed by atoms with Gasteiger partial charge in [0.25, 0.3) is 0 Å². The molecule has 7 nitrogen and oxygen atoms in total.